The Kier molecular flexibility index (Phi) is 11.0. The summed E-state index contributed by atoms with van der Waals surface area (Å²) < 4.78 is 5.78. The Balaban J connectivity index is 1.78. The summed E-state index contributed by atoms with van der Waals surface area (Å²) in [5.74, 6) is 0.514. The third-order valence-corrected chi connectivity index (χ3v) is 6.61. The van der Waals surface area contributed by atoms with Crippen molar-refractivity contribution in [3.8, 4) is 5.75 Å². The maximum Gasteiger partial charge on any atom is 0.243 e. The molecule has 0 aliphatic rings. The van der Waals surface area contributed by atoms with E-state index in [2.05, 4.69) is 5.32 Å². The van der Waals surface area contributed by atoms with E-state index in [0.717, 1.165) is 23.1 Å². The highest BCUT2D eigenvalue weighted by Crippen LogP contribution is 2.19. The topological polar surface area (TPSA) is 58.6 Å². The lowest BCUT2D eigenvalue weighted by atomic mass is 10.0. The molecule has 0 bridgehead atoms. The first-order chi connectivity index (χ1) is 17.9. The Morgan fingerprint density at radius 2 is 1.62 bits per heavy atom. The molecule has 5 nitrogen and oxygen atoms in total. The second-order valence-corrected chi connectivity index (χ2v) is 9.87. The summed E-state index contributed by atoms with van der Waals surface area (Å²) in [6.45, 7) is 6.81. The van der Waals surface area contributed by atoms with Gasteiger partial charge in [-0.25, -0.2) is 0 Å². The maximum atomic E-state index is 13.6. The first-order valence-electron chi connectivity index (χ1n) is 12.9. The number of carbonyl (C=O) groups is 2. The zero-order chi connectivity index (χ0) is 26.6. The SMILES string of the molecule is CCC(C)NC(=O)C(Cc1ccccc1)N(Cc1ccc(C)cc1)C(=O)CCCOc1ccc(Cl)cc1. The fourth-order valence-electron chi connectivity index (χ4n) is 3.97. The van der Waals surface area contributed by atoms with Crippen LogP contribution in [-0.4, -0.2) is 35.4 Å². The number of benzene rings is 3. The Morgan fingerprint density at radius 3 is 2.27 bits per heavy atom. The average Bonchev–Trinajstić information content (AvgIpc) is 2.91. The van der Waals surface area contributed by atoms with Crippen LogP contribution in [0.3, 0.4) is 0 Å². The van der Waals surface area contributed by atoms with Gasteiger partial charge in [-0.3, -0.25) is 9.59 Å². The molecular weight excluding hydrogens is 484 g/mol. The highest BCUT2D eigenvalue weighted by atomic mass is 35.5. The zero-order valence-electron chi connectivity index (χ0n) is 22.0. The van der Waals surface area contributed by atoms with Gasteiger partial charge in [-0.1, -0.05) is 78.7 Å². The summed E-state index contributed by atoms with van der Waals surface area (Å²) >= 11 is 5.94. The molecule has 0 spiro atoms. The number of hydrogen-bond acceptors (Lipinski definition) is 3. The largest absolute Gasteiger partial charge is 0.494 e. The van der Waals surface area contributed by atoms with E-state index in [-0.39, 0.29) is 24.3 Å². The monoisotopic (exact) mass is 520 g/mol. The zero-order valence-corrected chi connectivity index (χ0v) is 22.7. The highest BCUT2D eigenvalue weighted by Gasteiger charge is 2.30. The summed E-state index contributed by atoms with van der Waals surface area (Å²) in [7, 11) is 0. The van der Waals surface area contributed by atoms with E-state index < -0.39 is 6.04 Å². The molecule has 0 aliphatic heterocycles. The number of ether oxygens (including phenoxy) is 1. The predicted octanol–water partition coefficient (Wildman–Crippen LogP) is 6.36. The molecule has 0 radical (unpaired) electrons. The van der Waals surface area contributed by atoms with E-state index in [1.54, 1.807) is 17.0 Å². The molecular formula is C31H37ClN2O3. The van der Waals surface area contributed by atoms with Crippen LogP contribution in [0.15, 0.2) is 78.9 Å². The molecule has 2 amide bonds. The standard InChI is InChI=1S/C31H37ClN2O3/c1-4-24(3)33-31(36)29(21-25-9-6-5-7-10-25)34(22-26-14-12-23(2)13-15-26)30(35)11-8-20-37-28-18-16-27(32)17-19-28/h5-7,9-10,12-19,24,29H,4,8,11,20-22H2,1-3H3,(H,33,36). The summed E-state index contributed by atoms with van der Waals surface area (Å²) in [5, 5.41) is 3.75. The summed E-state index contributed by atoms with van der Waals surface area (Å²) in [4.78, 5) is 28.9. The summed E-state index contributed by atoms with van der Waals surface area (Å²) in [6.07, 6.45) is 2.08. The lowest BCUT2D eigenvalue weighted by Gasteiger charge is -2.32. The van der Waals surface area contributed by atoms with Gasteiger partial charge in [0.05, 0.1) is 6.61 Å². The molecule has 6 heteroatoms. The van der Waals surface area contributed by atoms with Gasteiger partial charge in [0.2, 0.25) is 11.8 Å². The molecule has 1 N–H and O–H groups in total. The molecule has 37 heavy (non-hydrogen) atoms. The van der Waals surface area contributed by atoms with Gasteiger partial charge >= 0.3 is 0 Å². The van der Waals surface area contributed by atoms with Crippen LogP contribution in [0, 0.1) is 6.92 Å². The van der Waals surface area contributed by atoms with Gasteiger partial charge in [-0.2, -0.15) is 0 Å². The predicted molar refractivity (Wildman–Crippen MR) is 150 cm³/mol. The summed E-state index contributed by atoms with van der Waals surface area (Å²) in [6, 6.07) is 24.5. The van der Waals surface area contributed by atoms with Gasteiger partial charge in [-0.15, -0.1) is 0 Å². The first-order valence-corrected chi connectivity index (χ1v) is 13.3. The smallest absolute Gasteiger partial charge is 0.243 e. The van der Waals surface area contributed by atoms with Crippen LogP contribution in [0.1, 0.15) is 49.8 Å². The van der Waals surface area contributed by atoms with Crippen molar-refractivity contribution in [2.24, 2.45) is 0 Å². The van der Waals surface area contributed by atoms with Gasteiger partial charge in [0, 0.05) is 30.5 Å². The molecule has 0 saturated carbocycles. The van der Waals surface area contributed by atoms with Crippen LogP contribution in [0.5, 0.6) is 5.75 Å². The number of hydrogen-bond donors (Lipinski definition) is 1. The lowest BCUT2D eigenvalue weighted by molar-refractivity contribution is -0.141. The normalized spacial score (nSPS) is 12.4. The lowest BCUT2D eigenvalue weighted by Crippen LogP contribution is -2.52. The fourth-order valence-corrected chi connectivity index (χ4v) is 4.10. The Morgan fingerprint density at radius 1 is 0.946 bits per heavy atom. The van der Waals surface area contributed by atoms with E-state index in [1.165, 1.54) is 0 Å². The number of carbonyl (C=O) groups excluding carboxylic acids is 2. The molecule has 3 aromatic rings. The number of halogens is 1. The van der Waals surface area contributed by atoms with Crippen molar-refractivity contribution in [1.82, 2.24) is 10.2 Å². The van der Waals surface area contributed by atoms with Crippen molar-refractivity contribution in [2.45, 2.75) is 65.1 Å². The van der Waals surface area contributed by atoms with Crippen molar-refractivity contribution in [2.75, 3.05) is 6.61 Å². The van der Waals surface area contributed by atoms with E-state index in [9.17, 15) is 9.59 Å². The van der Waals surface area contributed by atoms with Crippen molar-refractivity contribution in [1.29, 1.82) is 0 Å². The molecule has 196 valence electrons. The molecule has 2 unspecified atom stereocenters. The maximum absolute atomic E-state index is 13.6. The minimum atomic E-state index is -0.623. The number of nitrogens with one attached hydrogen (secondary N) is 1. The van der Waals surface area contributed by atoms with Crippen molar-refractivity contribution < 1.29 is 14.3 Å². The Hall–Kier alpha value is -3.31. The Labute approximate surface area is 225 Å². The van der Waals surface area contributed by atoms with Gasteiger partial charge in [0.15, 0.2) is 0 Å². The first kappa shape index (κ1) is 28.3. The third-order valence-electron chi connectivity index (χ3n) is 6.36. The van der Waals surface area contributed by atoms with E-state index in [4.69, 9.17) is 16.3 Å². The molecule has 0 fully saturated rings. The summed E-state index contributed by atoms with van der Waals surface area (Å²) in [5.41, 5.74) is 3.15. The van der Waals surface area contributed by atoms with E-state index in [1.807, 2.05) is 87.5 Å². The number of aryl methyl sites for hydroxylation is 1. The van der Waals surface area contributed by atoms with Crippen LogP contribution in [0.4, 0.5) is 0 Å². The van der Waals surface area contributed by atoms with Gasteiger partial charge in [-0.05, 0) is 62.1 Å². The van der Waals surface area contributed by atoms with Crippen molar-refractivity contribution in [3.05, 3.63) is 101 Å². The van der Waals surface area contributed by atoms with Gasteiger partial charge in [0.1, 0.15) is 11.8 Å². The number of rotatable bonds is 13. The van der Waals surface area contributed by atoms with Gasteiger partial charge in [0.25, 0.3) is 0 Å². The Bertz CT molecular complexity index is 1120. The molecule has 0 aromatic heterocycles. The quantitative estimate of drug-likeness (QED) is 0.267. The van der Waals surface area contributed by atoms with Crippen LogP contribution in [-0.2, 0) is 22.6 Å². The minimum Gasteiger partial charge on any atom is -0.494 e. The van der Waals surface area contributed by atoms with Crippen molar-refractivity contribution >= 4 is 23.4 Å². The van der Waals surface area contributed by atoms with Crippen LogP contribution in [0.2, 0.25) is 5.02 Å². The van der Waals surface area contributed by atoms with E-state index >= 15 is 0 Å². The average molecular weight is 521 g/mol. The van der Waals surface area contributed by atoms with Crippen LogP contribution in [0.25, 0.3) is 0 Å². The third kappa shape index (κ3) is 9.25. The number of amides is 2. The van der Waals surface area contributed by atoms with Crippen molar-refractivity contribution in [3.63, 3.8) is 0 Å². The minimum absolute atomic E-state index is 0.0230. The van der Waals surface area contributed by atoms with Crippen LogP contribution >= 0.6 is 11.6 Å². The molecule has 0 saturated heterocycles. The molecule has 3 aromatic carbocycles. The second-order valence-electron chi connectivity index (χ2n) is 9.44. The molecule has 2 atom stereocenters. The number of nitrogens with zero attached hydrogens (tertiary/aromatic N) is 1. The van der Waals surface area contributed by atoms with E-state index in [0.29, 0.717) is 36.8 Å². The molecule has 0 heterocycles. The second kappa shape index (κ2) is 14.4. The highest BCUT2D eigenvalue weighted by molar-refractivity contribution is 6.30. The van der Waals surface area contributed by atoms with Gasteiger partial charge < -0.3 is 15.0 Å². The fraction of sp³-hybridized carbons (Fsp3) is 0.355. The molecule has 0 aliphatic carbocycles. The molecule has 3 rings (SSSR count). The van der Waals surface area contributed by atoms with Crippen LogP contribution < -0.4 is 10.1 Å².